The zero-order valence-corrected chi connectivity index (χ0v) is 12.8. The van der Waals surface area contributed by atoms with Crippen molar-refractivity contribution < 1.29 is 8.42 Å². The molecule has 0 radical (unpaired) electrons. The fourth-order valence-corrected chi connectivity index (χ4v) is 4.19. The highest BCUT2D eigenvalue weighted by molar-refractivity contribution is 7.89. The molecule has 1 N–H and O–H groups in total. The smallest absolute Gasteiger partial charge is 0.218 e. The SMILES string of the molecule is CCNCC(C)S(=O)(=O)N1CCCC1CN(C)C. The van der Waals surface area contributed by atoms with Crippen molar-refractivity contribution in [3.8, 4) is 0 Å². The first-order valence-electron chi connectivity index (χ1n) is 6.75. The molecule has 0 aliphatic carbocycles. The maximum Gasteiger partial charge on any atom is 0.218 e. The van der Waals surface area contributed by atoms with Crippen LogP contribution in [0.15, 0.2) is 0 Å². The molecule has 0 bridgehead atoms. The van der Waals surface area contributed by atoms with Gasteiger partial charge in [-0.15, -0.1) is 0 Å². The van der Waals surface area contributed by atoms with Gasteiger partial charge in [-0.25, -0.2) is 8.42 Å². The Labute approximate surface area is 112 Å². The van der Waals surface area contributed by atoms with Gasteiger partial charge in [-0.1, -0.05) is 6.92 Å². The highest BCUT2D eigenvalue weighted by Gasteiger charge is 2.37. The Morgan fingerprint density at radius 1 is 1.44 bits per heavy atom. The number of rotatable bonds is 7. The molecule has 18 heavy (non-hydrogen) atoms. The fraction of sp³-hybridized carbons (Fsp3) is 1.00. The standard InChI is InChI=1S/C12H27N3O2S/c1-5-13-9-11(2)18(16,17)15-8-6-7-12(15)10-14(3)4/h11-13H,5-10H2,1-4H3. The van der Waals surface area contributed by atoms with Crippen LogP contribution in [0.25, 0.3) is 0 Å². The van der Waals surface area contributed by atoms with Crippen molar-refractivity contribution in [2.45, 2.75) is 38.0 Å². The van der Waals surface area contributed by atoms with Gasteiger partial charge in [0.15, 0.2) is 0 Å². The summed E-state index contributed by atoms with van der Waals surface area (Å²) in [6, 6.07) is 0.147. The molecule has 1 fully saturated rings. The lowest BCUT2D eigenvalue weighted by Crippen LogP contribution is -2.47. The molecule has 1 aliphatic rings. The molecule has 0 aromatic heterocycles. The number of likely N-dealkylation sites (N-methyl/N-ethyl adjacent to an activating group) is 1. The molecule has 5 nitrogen and oxygen atoms in total. The lowest BCUT2D eigenvalue weighted by atomic mass is 10.2. The van der Waals surface area contributed by atoms with Gasteiger partial charge in [-0.3, -0.25) is 0 Å². The summed E-state index contributed by atoms with van der Waals surface area (Å²) >= 11 is 0. The van der Waals surface area contributed by atoms with Gasteiger partial charge >= 0.3 is 0 Å². The van der Waals surface area contributed by atoms with Crippen LogP contribution >= 0.6 is 0 Å². The van der Waals surface area contributed by atoms with Crippen LogP contribution in [0.5, 0.6) is 0 Å². The number of nitrogens with one attached hydrogen (secondary N) is 1. The first-order valence-corrected chi connectivity index (χ1v) is 8.26. The Morgan fingerprint density at radius 2 is 2.11 bits per heavy atom. The topological polar surface area (TPSA) is 52.7 Å². The molecule has 2 unspecified atom stereocenters. The average molecular weight is 277 g/mol. The normalized spacial score (nSPS) is 23.7. The molecule has 2 atom stereocenters. The van der Waals surface area contributed by atoms with Crippen LogP contribution in [0.2, 0.25) is 0 Å². The first-order chi connectivity index (χ1) is 8.39. The third-order valence-corrected chi connectivity index (χ3v) is 5.73. The van der Waals surface area contributed by atoms with E-state index in [9.17, 15) is 8.42 Å². The van der Waals surface area contributed by atoms with Crippen LogP contribution in [0.1, 0.15) is 26.7 Å². The van der Waals surface area contributed by atoms with Gasteiger partial charge in [0.05, 0.1) is 5.25 Å². The minimum absolute atomic E-state index is 0.147. The first kappa shape index (κ1) is 15.9. The maximum atomic E-state index is 12.5. The zero-order chi connectivity index (χ0) is 13.8. The third kappa shape index (κ3) is 3.91. The Kier molecular flexibility index (Phi) is 6.04. The Hall–Kier alpha value is -0.170. The lowest BCUT2D eigenvalue weighted by molar-refractivity contribution is 0.289. The number of hydrogen-bond donors (Lipinski definition) is 1. The summed E-state index contributed by atoms with van der Waals surface area (Å²) in [5.41, 5.74) is 0. The Balaban J connectivity index is 2.70. The van der Waals surface area contributed by atoms with Crippen molar-refractivity contribution in [2.24, 2.45) is 0 Å². The van der Waals surface area contributed by atoms with E-state index in [1.165, 1.54) is 0 Å². The van der Waals surface area contributed by atoms with Crippen LogP contribution in [0, 0.1) is 0 Å². The lowest BCUT2D eigenvalue weighted by Gasteiger charge is -2.29. The molecule has 1 heterocycles. The van der Waals surface area contributed by atoms with Crippen molar-refractivity contribution in [1.82, 2.24) is 14.5 Å². The average Bonchev–Trinajstić information content (AvgIpc) is 2.73. The number of nitrogens with zero attached hydrogens (tertiary/aromatic N) is 2. The zero-order valence-electron chi connectivity index (χ0n) is 12.0. The fourth-order valence-electron chi connectivity index (χ4n) is 2.43. The highest BCUT2D eigenvalue weighted by Crippen LogP contribution is 2.23. The van der Waals surface area contributed by atoms with Crippen LogP contribution in [0.3, 0.4) is 0 Å². The molecule has 1 rings (SSSR count). The third-order valence-electron chi connectivity index (χ3n) is 3.42. The van der Waals surface area contributed by atoms with Crippen LogP contribution < -0.4 is 5.32 Å². The predicted octanol–water partition coefficient (Wildman–Crippen LogP) is 0.340. The molecule has 108 valence electrons. The molecule has 0 aromatic carbocycles. The second kappa shape index (κ2) is 6.84. The van der Waals surface area contributed by atoms with E-state index < -0.39 is 10.0 Å². The van der Waals surface area contributed by atoms with Crippen molar-refractivity contribution in [2.75, 3.05) is 40.3 Å². The highest BCUT2D eigenvalue weighted by atomic mass is 32.2. The molecule has 0 spiro atoms. The summed E-state index contributed by atoms with van der Waals surface area (Å²) in [7, 11) is 0.821. The predicted molar refractivity (Wildman–Crippen MR) is 75.2 cm³/mol. The van der Waals surface area contributed by atoms with Crippen LogP contribution in [-0.2, 0) is 10.0 Å². The largest absolute Gasteiger partial charge is 0.316 e. The molecule has 1 saturated heterocycles. The van der Waals surface area contributed by atoms with Crippen LogP contribution in [0.4, 0.5) is 0 Å². The van der Waals surface area contributed by atoms with Gasteiger partial charge < -0.3 is 10.2 Å². The maximum absolute atomic E-state index is 12.5. The van der Waals surface area contributed by atoms with Gasteiger partial charge in [0, 0.05) is 25.7 Å². The number of sulfonamides is 1. The molecule has 0 saturated carbocycles. The van der Waals surface area contributed by atoms with E-state index in [1.54, 1.807) is 11.2 Å². The minimum atomic E-state index is -3.16. The van der Waals surface area contributed by atoms with E-state index >= 15 is 0 Å². The molecule has 0 aromatic rings. The summed E-state index contributed by atoms with van der Waals surface area (Å²) in [6.07, 6.45) is 1.96. The van der Waals surface area contributed by atoms with Crippen molar-refractivity contribution in [3.05, 3.63) is 0 Å². The molecule has 6 heteroatoms. The number of hydrogen-bond acceptors (Lipinski definition) is 4. The van der Waals surface area contributed by atoms with E-state index in [1.807, 2.05) is 21.0 Å². The molecular formula is C12H27N3O2S. The van der Waals surface area contributed by atoms with Crippen molar-refractivity contribution in [1.29, 1.82) is 0 Å². The second-order valence-electron chi connectivity index (χ2n) is 5.33. The monoisotopic (exact) mass is 277 g/mol. The quantitative estimate of drug-likeness (QED) is 0.729. The molecule has 0 amide bonds. The van der Waals surface area contributed by atoms with Gasteiger partial charge in [0.1, 0.15) is 0 Å². The summed E-state index contributed by atoms with van der Waals surface area (Å²) in [4.78, 5) is 2.06. The van der Waals surface area contributed by atoms with Crippen molar-refractivity contribution >= 4 is 10.0 Å². The minimum Gasteiger partial charge on any atom is -0.316 e. The summed E-state index contributed by atoms with van der Waals surface area (Å²) in [5, 5.41) is 2.77. The van der Waals surface area contributed by atoms with E-state index in [-0.39, 0.29) is 11.3 Å². The molecular weight excluding hydrogens is 250 g/mol. The van der Waals surface area contributed by atoms with E-state index in [4.69, 9.17) is 0 Å². The Morgan fingerprint density at radius 3 is 2.67 bits per heavy atom. The van der Waals surface area contributed by atoms with Gasteiger partial charge in [-0.05, 0) is 40.4 Å². The van der Waals surface area contributed by atoms with Gasteiger partial charge in [-0.2, -0.15) is 4.31 Å². The van der Waals surface area contributed by atoms with Gasteiger partial charge in [0.2, 0.25) is 10.0 Å². The molecule has 1 aliphatic heterocycles. The summed E-state index contributed by atoms with van der Waals surface area (Å²) in [6.45, 7) is 6.61. The van der Waals surface area contributed by atoms with Gasteiger partial charge in [0.25, 0.3) is 0 Å². The second-order valence-corrected chi connectivity index (χ2v) is 7.64. The summed E-state index contributed by atoms with van der Waals surface area (Å²) < 4.78 is 26.7. The van der Waals surface area contributed by atoms with E-state index in [0.717, 1.165) is 25.9 Å². The van der Waals surface area contributed by atoms with E-state index in [2.05, 4.69) is 10.2 Å². The summed E-state index contributed by atoms with van der Waals surface area (Å²) in [5.74, 6) is 0. The Bertz CT molecular complexity index is 343. The van der Waals surface area contributed by atoms with Crippen LogP contribution in [-0.4, -0.2) is 69.2 Å². The van der Waals surface area contributed by atoms with Crippen molar-refractivity contribution in [3.63, 3.8) is 0 Å². The van der Waals surface area contributed by atoms with E-state index in [0.29, 0.717) is 13.1 Å².